The molecule has 5 nitrogen and oxygen atoms in total. The average Bonchev–Trinajstić information content (AvgIpc) is 2.44. The van der Waals surface area contributed by atoms with E-state index in [0.717, 1.165) is 0 Å². The van der Waals surface area contributed by atoms with Crippen LogP contribution in [0.2, 0.25) is 5.02 Å². The van der Waals surface area contributed by atoms with Gasteiger partial charge in [0, 0.05) is 12.8 Å². The van der Waals surface area contributed by atoms with Gasteiger partial charge in [0.2, 0.25) is 5.91 Å². The van der Waals surface area contributed by atoms with E-state index in [-0.39, 0.29) is 18.4 Å². The molecule has 2 N–H and O–H groups in total. The molecule has 0 saturated heterocycles. The quantitative estimate of drug-likeness (QED) is 0.687. The van der Waals surface area contributed by atoms with Gasteiger partial charge in [0.1, 0.15) is 11.9 Å². The Balaban J connectivity index is 2.20. The molecule has 0 aliphatic heterocycles. The van der Waals surface area contributed by atoms with E-state index in [1.807, 2.05) is 19.1 Å². The Hall–Kier alpha value is -1.75. The first-order chi connectivity index (χ1) is 9.99. The van der Waals surface area contributed by atoms with Crippen molar-refractivity contribution in [3.63, 3.8) is 0 Å². The zero-order valence-corrected chi connectivity index (χ0v) is 12.7. The van der Waals surface area contributed by atoms with Gasteiger partial charge < -0.3 is 15.2 Å². The van der Waals surface area contributed by atoms with Crippen molar-refractivity contribution in [3.05, 3.63) is 29.3 Å². The third kappa shape index (κ3) is 7.56. The van der Waals surface area contributed by atoms with Crippen molar-refractivity contribution >= 4 is 23.5 Å². The maximum absolute atomic E-state index is 11.6. The minimum absolute atomic E-state index is 0.0965. The van der Waals surface area contributed by atoms with Crippen LogP contribution >= 0.6 is 11.6 Å². The lowest BCUT2D eigenvalue weighted by molar-refractivity contribution is -0.137. The standard InChI is InChI=1S/C15H20ClNO4/c1-11(21-13-7-3-2-6-12(13)16)10-17-14(18)8-4-5-9-15(19)20/h2-3,6-7,11H,4-5,8-10H2,1H3,(H,17,18)(H,19,20). The van der Waals surface area contributed by atoms with Gasteiger partial charge in [0.15, 0.2) is 0 Å². The van der Waals surface area contributed by atoms with Crippen molar-refractivity contribution in [3.8, 4) is 5.75 Å². The molecule has 1 unspecified atom stereocenters. The minimum Gasteiger partial charge on any atom is -0.487 e. The van der Waals surface area contributed by atoms with Gasteiger partial charge in [-0.05, 0) is 31.9 Å². The molecule has 0 aliphatic rings. The van der Waals surface area contributed by atoms with Crippen molar-refractivity contribution in [1.29, 1.82) is 0 Å². The maximum atomic E-state index is 11.6. The van der Waals surface area contributed by atoms with Crippen molar-refractivity contribution in [2.45, 2.75) is 38.7 Å². The van der Waals surface area contributed by atoms with Gasteiger partial charge in [-0.1, -0.05) is 23.7 Å². The Morgan fingerprint density at radius 2 is 1.95 bits per heavy atom. The number of hydrogen-bond acceptors (Lipinski definition) is 3. The summed E-state index contributed by atoms with van der Waals surface area (Å²) in [5.41, 5.74) is 0. The fraction of sp³-hybridized carbons (Fsp3) is 0.467. The van der Waals surface area contributed by atoms with Crippen LogP contribution in [0, 0.1) is 0 Å². The molecule has 0 aliphatic carbocycles. The SMILES string of the molecule is CC(CNC(=O)CCCCC(=O)O)Oc1ccccc1Cl. The Bertz CT molecular complexity index is 478. The number of amides is 1. The van der Waals surface area contributed by atoms with Crippen LogP contribution in [0.5, 0.6) is 5.75 Å². The van der Waals surface area contributed by atoms with E-state index in [9.17, 15) is 9.59 Å². The summed E-state index contributed by atoms with van der Waals surface area (Å²) in [6.07, 6.45) is 1.30. The van der Waals surface area contributed by atoms with E-state index in [0.29, 0.717) is 36.6 Å². The second-order valence-electron chi connectivity index (χ2n) is 4.76. The van der Waals surface area contributed by atoms with Gasteiger partial charge >= 0.3 is 5.97 Å². The lowest BCUT2D eigenvalue weighted by Crippen LogP contribution is -2.33. The van der Waals surface area contributed by atoms with Crippen LogP contribution in [-0.4, -0.2) is 29.6 Å². The number of nitrogens with one attached hydrogen (secondary N) is 1. The highest BCUT2D eigenvalue weighted by atomic mass is 35.5. The largest absolute Gasteiger partial charge is 0.487 e. The van der Waals surface area contributed by atoms with Gasteiger partial charge in [0.25, 0.3) is 0 Å². The first kappa shape index (κ1) is 17.3. The molecule has 0 bridgehead atoms. The molecule has 116 valence electrons. The molecular formula is C15H20ClNO4. The van der Waals surface area contributed by atoms with Gasteiger partial charge in [-0.15, -0.1) is 0 Å². The summed E-state index contributed by atoms with van der Waals surface area (Å²) in [5.74, 6) is -0.352. The molecule has 21 heavy (non-hydrogen) atoms. The molecule has 1 atom stereocenters. The molecule has 1 aromatic rings. The highest BCUT2D eigenvalue weighted by Crippen LogP contribution is 2.23. The molecule has 0 aromatic heterocycles. The molecule has 1 rings (SSSR count). The number of aliphatic carboxylic acids is 1. The van der Waals surface area contributed by atoms with E-state index in [2.05, 4.69) is 5.32 Å². The van der Waals surface area contributed by atoms with Crippen LogP contribution in [-0.2, 0) is 9.59 Å². The van der Waals surface area contributed by atoms with Gasteiger partial charge in [-0.2, -0.15) is 0 Å². The topological polar surface area (TPSA) is 75.6 Å². The average molecular weight is 314 g/mol. The minimum atomic E-state index is -0.836. The van der Waals surface area contributed by atoms with Crippen molar-refractivity contribution < 1.29 is 19.4 Å². The van der Waals surface area contributed by atoms with Gasteiger partial charge in [0.05, 0.1) is 11.6 Å². The fourth-order valence-corrected chi connectivity index (χ4v) is 1.89. The molecule has 0 fully saturated rings. The molecular weight excluding hydrogens is 294 g/mol. The van der Waals surface area contributed by atoms with Gasteiger partial charge in [-0.3, -0.25) is 9.59 Å². The number of unbranched alkanes of at least 4 members (excludes halogenated alkanes) is 1. The summed E-state index contributed by atoms with van der Waals surface area (Å²) in [4.78, 5) is 21.9. The number of halogens is 1. The summed E-state index contributed by atoms with van der Waals surface area (Å²) in [5, 5.41) is 11.8. The molecule has 0 radical (unpaired) electrons. The lowest BCUT2D eigenvalue weighted by atomic mass is 10.2. The molecule has 6 heteroatoms. The van der Waals surface area contributed by atoms with E-state index >= 15 is 0 Å². The highest BCUT2D eigenvalue weighted by Gasteiger charge is 2.09. The molecule has 0 spiro atoms. The predicted octanol–water partition coefficient (Wildman–Crippen LogP) is 2.87. The van der Waals surface area contributed by atoms with Crippen LogP contribution < -0.4 is 10.1 Å². The molecule has 1 amide bonds. The van der Waals surface area contributed by atoms with E-state index in [4.69, 9.17) is 21.4 Å². The van der Waals surface area contributed by atoms with Crippen LogP contribution in [0.15, 0.2) is 24.3 Å². The first-order valence-corrected chi connectivity index (χ1v) is 7.26. The Morgan fingerprint density at radius 1 is 1.29 bits per heavy atom. The molecule has 1 aromatic carbocycles. The summed E-state index contributed by atoms with van der Waals surface area (Å²) in [6, 6.07) is 7.16. The lowest BCUT2D eigenvalue weighted by Gasteiger charge is -2.16. The number of ether oxygens (including phenoxy) is 1. The number of benzene rings is 1. The maximum Gasteiger partial charge on any atom is 0.303 e. The number of carbonyl (C=O) groups is 2. The molecule has 0 heterocycles. The number of carboxylic acids is 1. The summed E-state index contributed by atoms with van der Waals surface area (Å²) < 4.78 is 5.63. The Kier molecular flexibility index (Phi) is 7.61. The smallest absolute Gasteiger partial charge is 0.303 e. The monoisotopic (exact) mass is 313 g/mol. The Labute approximate surface area is 129 Å². The van der Waals surface area contributed by atoms with Crippen LogP contribution in [0.25, 0.3) is 0 Å². The van der Waals surface area contributed by atoms with E-state index < -0.39 is 5.97 Å². The summed E-state index contributed by atoms with van der Waals surface area (Å²) >= 11 is 5.98. The van der Waals surface area contributed by atoms with Crippen molar-refractivity contribution in [2.75, 3.05) is 6.54 Å². The second-order valence-corrected chi connectivity index (χ2v) is 5.17. The zero-order chi connectivity index (χ0) is 15.7. The number of hydrogen-bond donors (Lipinski definition) is 2. The fourth-order valence-electron chi connectivity index (χ4n) is 1.71. The Morgan fingerprint density at radius 3 is 2.62 bits per heavy atom. The normalized spacial score (nSPS) is 11.7. The van der Waals surface area contributed by atoms with E-state index in [1.165, 1.54) is 0 Å². The summed E-state index contributed by atoms with van der Waals surface area (Å²) in [7, 11) is 0. The van der Waals surface area contributed by atoms with Gasteiger partial charge in [-0.25, -0.2) is 0 Å². The van der Waals surface area contributed by atoms with Crippen molar-refractivity contribution in [1.82, 2.24) is 5.32 Å². The number of carbonyl (C=O) groups excluding carboxylic acids is 1. The third-order valence-electron chi connectivity index (χ3n) is 2.80. The zero-order valence-electron chi connectivity index (χ0n) is 12.0. The number of para-hydroxylation sites is 1. The highest BCUT2D eigenvalue weighted by molar-refractivity contribution is 6.32. The van der Waals surface area contributed by atoms with Crippen LogP contribution in [0.4, 0.5) is 0 Å². The second kappa shape index (κ2) is 9.23. The van der Waals surface area contributed by atoms with E-state index in [1.54, 1.807) is 12.1 Å². The predicted molar refractivity (Wildman–Crippen MR) is 80.7 cm³/mol. The number of rotatable bonds is 9. The van der Waals surface area contributed by atoms with Crippen LogP contribution in [0.3, 0.4) is 0 Å². The third-order valence-corrected chi connectivity index (χ3v) is 3.11. The van der Waals surface area contributed by atoms with Crippen LogP contribution in [0.1, 0.15) is 32.6 Å². The molecule has 0 saturated carbocycles. The first-order valence-electron chi connectivity index (χ1n) is 6.88. The number of carboxylic acid groups (broad SMARTS) is 1. The summed E-state index contributed by atoms with van der Waals surface area (Å²) in [6.45, 7) is 2.22. The van der Waals surface area contributed by atoms with Crippen molar-refractivity contribution in [2.24, 2.45) is 0 Å².